The Morgan fingerprint density at radius 2 is 1.31 bits per heavy atom. The molecule has 0 bridgehead atoms. The van der Waals surface area contributed by atoms with E-state index in [0.717, 1.165) is 12.8 Å². The van der Waals surface area contributed by atoms with Gasteiger partial charge in [0.15, 0.2) is 11.8 Å². The van der Waals surface area contributed by atoms with Crippen LogP contribution in [-0.4, -0.2) is 23.4 Å². The molecule has 140 valence electrons. The van der Waals surface area contributed by atoms with Gasteiger partial charge >= 0.3 is 0 Å². The maximum absolute atomic E-state index is 8.49. The predicted molar refractivity (Wildman–Crippen MR) is 89.2 cm³/mol. The van der Waals surface area contributed by atoms with E-state index in [1.165, 1.54) is 16.8 Å². The van der Waals surface area contributed by atoms with Crippen LogP contribution >= 0.6 is 0 Å². The zero-order valence-electron chi connectivity index (χ0n) is 15.2. The molecule has 1 heterocycles. The van der Waals surface area contributed by atoms with Crippen molar-refractivity contribution in [1.29, 1.82) is 0 Å². The molecule has 0 spiro atoms. The second kappa shape index (κ2) is 8.29. The molecule has 0 radical (unpaired) electrons. The number of hydrogen-bond donors (Lipinski definition) is 0. The standard InChI is InChI=1S/C20H24N.ClHO4/c1-4-19-20(15-16(2)21(19)3,17-11-7-5-8-12-17)18-13-9-6-10-14-18;2-1(3,4)5/h5-14,16H,4,15H2,1-3H3;(H,2,3,4,5)/q+1;/p-1/t16-;/m1./s1. The van der Waals surface area contributed by atoms with Crippen molar-refractivity contribution in [2.24, 2.45) is 0 Å². The zero-order valence-corrected chi connectivity index (χ0v) is 16.0. The SMILES string of the molecule is CCC1=[N+](C)[C@H](C)CC1(c1ccccc1)c1ccccc1.[O-][Cl+3]([O-])([O-])[O-]. The van der Waals surface area contributed by atoms with Gasteiger partial charge in [0.1, 0.15) is 12.5 Å². The summed E-state index contributed by atoms with van der Waals surface area (Å²) in [5.74, 6) is 0. The third-order valence-corrected chi connectivity index (χ3v) is 5.05. The van der Waals surface area contributed by atoms with Gasteiger partial charge in [-0.25, -0.2) is 23.2 Å². The Morgan fingerprint density at radius 3 is 1.65 bits per heavy atom. The van der Waals surface area contributed by atoms with Gasteiger partial charge in [0.2, 0.25) is 0 Å². The minimum absolute atomic E-state index is 0.0332. The van der Waals surface area contributed by atoms with Crippen LogP contribution in [0.15, 0.2) is 60.7 Å². The van der Waals surface area contributed by atoms with Crippen molar-refractivity contribution in [3.63, 3.8) is 0 Å². The first kappa shape index (κ1) is 20.6. The molecular weight excluding hydrogens is 354 g/mol. The third kappa shape index (κ3) is 4.50. The largest absolute Gasteiger partial charge is 0.236 e. The van der Waals surface area contributed by atoms with Crippen molar-refractivity contribution in [2.45, 2.75) is 38.1 Å². The molecule has 0 aliphatic carbocycles. The van der Waals surface area contributed by atoms with Crippen LogP contribution in [0.3, 0.4) is 0 Å². The van der Waals surface area contributed by atoms with Gasteiger partial charge in [0.25, 0.3) is 0 Å². The van der Waals surface area contributed by atoms with Gasteiger partial charge in [-0.1, -0.05) is 67.6 Å². The Labute approximate surface area is 156 Å². The van der Waals surface area contributed by atoms with Crippen LogP contribution in [0.2, 0.25) is 0 Å². The fourth-order valence-electron chi connectivity index (χ4n) is 4.00. The third-order valence-electron chi connectivity index (χ3n) is 5.05. The lowest BCUT2D eigenvalue weighted by Gasteiger charge is -2.29. The maximum Gasteiger partial charge on any atom is 0.167 e. The van der Waals surface area contributed by atoms with Gasteiger partial charge in [-0.05, 0) is 18.1 Å². The number of halogens is 1. The van der Waals surface area contributed by atoms with E-state index in [9.17, 15) is 0 Å². The van der Waals surface area contributed by atoms with E-state index in [4.69, 9.17) is 18.6 Å². The molecule has 1 atom stereocenters. The molecule has 6 heteroatoms. The van der Waals surface area contributed by atoms with Gasteiger partial charge in [-0.2, -0.15) is 0 Å². The minimum Gasteiger partial charge on any atom is -0.236 e. The van der Waals surface area contributed by atoms with Gasteiger partial charge in [0, 0.05) is 12.8 Å². The molecule has 3 rings (SSSR count). The lowest BCUT2D eigenvalue weighted by atomic mass is 9.68. The lowest BCUT2D eigenvalue weighted by Crippen LogP contribution is -2.68. The van der Waals surface area contributed by atoms with Crippen LogP contribution in [0, 0.1) is 10.2 Å². The van der Waals surface area contributed by atoms with E-state index in [1.54, 1.807) is 0 Å². The van der Waals surface area contributed by atoms with Gasteiger partial charge in [-0.15, -0.1) is 10.2 Å². The predicted octanol–water partition coefficient (Wildman–Crippen LogP) is -0.498. The fraction of sp³-hybridized carbons (Fsp3) is 0.350. The van der Waals surface area contributed by atoms with Crippen LogP contribution in [0.25, 0.3) is 0 Å². The van der Waals surface area contributed by atoms with Crippen molar-refractivity contribution in [3.8, 4) is 0 Å². The molecule has 0 amide bonds. The second-order valence-electron chi connectivity index (χ2n) is 6.48. The number of nitrogens with zero attached hydrogens (tertiary/aromatic N) is 1. The summed E-state index contributed by atoms with van der Waals surface area (Å²) < 4.78 is 36.5. The van der Waals surface area contributed by atoms with Crippen LogP contribution in [0.1, 0.15) is 37.8 Å². The Morgan fingerprint density at radius 1 is 0.923 bits per heavy atom. The van der Waals surface area contributed by atoms with Crippen molar-refractivity contribution in [1.82, 2.24) is 0 Å². The molecule has 1 aliphatic heterocycles. The molecule has 2 aromatic rings. The van der Waals surface area contributed by atoms with Gasteiger partial charge in [0.05, 0.1) is 0 Å². The van der Waals surface area contributed by atoms with Crippen molar-refractivity contribution < 1.29 is 33.5 Å². The summed E-state index contributed by atoms with van der Waals surface area (Å²) in [4.78, 5) is 0. The highest BCUT2D eigenvalue weighted by Crippen LogP contribution is 2.43. The Bertz CT molecular complexity index is 696. The highest BCUT2D eigenvalue weighted by atomic mass is 35.7. The molecule has 0 N–H and O–H groups in total. The maximum atomic E-state index is 8.49. The first-order valence-electron chi connectivity index (χ1n) is 8.52. The molecular formula is C20H24ClNO4. The summed E-state index contributed by atoms with van der Waals surface area (Å²) in [6.07, 6.45) is 2.24. The summed E-state index contributed by atoms with van der Waals surface area (Å²) >= 11 is 0. The van der Waals surface area contributed by atoms with E-state index in [-0.39, 0.29) is 5.41 Å². The highest BCUT2D eigenvalue weighted by molar-refractivity contribution is 5.95. The summed E-state index contributed by atoms with van der Waals surface area (Å²) in [5.41, 5.74) is 4.41. The van der Waals surface area contributed by atoms with Crippen LogP contribution in [0.4, 0.5) is 0 Å². The summed E-state index contributed by atoms with van der Waals surface area (Å²) in [6.45, 7) is 4.62. The molecule has 5 nitrogen and oxygen atoms in total. The summed E-state index contributed by atoms with van der Waals surface area (Å²) in [7, 11) is -2.70. The van der Waals surface area contributed by atoms with E-state index < -0.39 is 10.2 Å². The molecule has 0 saturated carbocycles. The van der Waals surface area contributed by atoms with Crippen molar-refractivity contribution in [3.05, 3.63) is 71.8 Å². The van der Waals surface area contributed by atoms with Crippen LogP contribution in [-0.2, 0) is 5.41 Å². The first-order valence-corrected chi connectivity index (χ1v) is 9.75. The van der Waals surface area contributed by atoms with Crippen molar-refractivity contribution in [2.75, 3.05) is 7.05 Å². The molecule has 0 saturated heterocycles. The highest BCUT2D eigenvalue weighted by Gasteiger charge is 2.51. The van der Waals surface area contributed by atoms with Crippen molar-refractivity contribution >= 4 is 5.71 Å². The minimum atomic E-state index is -4.94. The molecule has 0 fully saturated rings. The molecule has 1 aliphatic rings. The van der Waals surface area contributed by atoms with Gasteiger partial charge in [-0.3, -0.25) is 0 Å². The van der Waals surface area contributed by atoms with Crippen LogP contribution < -0.4 is 18.6 Å². The van der Waals surface area contributed by atoms with E-state index in [0.29, 0.717) is 6.04 Å². The second-order valence-corrected chi connectivity index (χ2v) is 7.24. The normalized spacial score (nSPS) is 19.1. The number of hydrogen-bond acceptors (Lipinski definition) is 4. The Kier molecular flexibility index (Phi) is 6.55. The zero-order chi connectivity index (χ0) is 19.4. The fourth-order valence-corrected chi connectivity index (χ4v) is 4.00. The Balaban J connectivity index is 0.000000431. The first-order chi connectivity index (χ1) is 12.2. The number of rotatable bonds is 3. The smallest absolute Gasteiger partial charge is 0.167 e. The van der Waals surface area contributed by atoms with E-state index in [1.807, 2.05) is 0 Å². The van der Waals surface area contributed by atoms with Crippen LogP contribution in [0.5, 0.6) is 0 Å². The molecule has 0 aromatic heterocycles. The van der Waals surface area contributed by atoms with E-state index in [2.05, 4.69) is 86.1 Å². The number of benzene rings is 2. The quantitative estimate of drug-likeness (QED) is 0.674. The lowest BCUT2D eigenvalue weighted by molar-refractivity contribution is -2.00. The topological polar surface area (TPSA) is 95.2 Å². The average molecular weight is 378 g/mol. The van der Waals surface area contributed by atoms with Gasteiger partial charge < -0.3 is 0 Å². The Hall–Kier alpha value is -1.76. The summed E-state index contributed by atoms with van der Waals surface area (Å²) in [5, 5.41) is 0. The average Bonchev–Trinajstić information content (AvgIpc) is 2.87. The van der Waals surface area contributed by atoms with E-state index >= 15 is 0 Å². The summed E-state index contributed by atoms with van der Waals surface area (Å²) in [6, 6.07) is 22.6. The molecule has 0 unspecified atom stereocenters. The monoisotopic (exact) mass is 377 g/mol. The molecule has 2 aromatic carbocycles. The molecule has 26 heavy (non-hydrogen) atoms.